The van der Waals surface area contributed by atoms with Crippen LogP contribution in [-0.4, -0.2) is 43.6 Å². The van der Waals surface area contributed by atoms with Crippen molar-refractivity contribution in [1.82, 2.24) is 4.90 Å². The van der Waals surface area contributed by atoms with E-state index < -0.39 is 0 Å². The molecule has 1 heterocycles. The van der Waals surface area contributed by atoms with Crippen molar-refractivity contribution in [3.63, 3.8) is 0 Å². The Balaban J connectivity index is 1.86. The molecule has 2 rings (SSSR count). The van der Waals surface area contributed by atoms with Crippen LogP contribution in [0.5, 0.6) is 0 Å². The van der Waals surface area contributed by atoms with Gasteiger partial charge in [-0.05, 0) is 24.9 Å². The molecule has 0 aliphatic carbocycles. The average Bonchev–Trinajstić information content (AvgIpc) is 2.79. The fourth-order valence-corrected chi connectivity index (χ4v) is 2.65. The molecule has 1 aliphatic heterocycles. The van der Waals surface area contributed by atoms with E-state index >= 15 is 0 Å². The van der Waals surface area contributed by atoms with E-state index in [2.05, 4.69) is 0 Å². The van der Waals surface area contributed by atoms with Crippen molar-refractivity contribution in [3.05, 3.63) is 35.9 Å². The van der Waals surface area contributed by atoms with Gasteiger partial charge in [0.2, 0.25) is 0 Å². The second kappa shape index (κ2) is 8.54. The molecule has 1 fully saturated rings. The highest BCUT2D eigenvalue weighted by Crippen LogP contribution is 2.18. The first-order valence-electron chi connectivity index (χ1n) is 7.69. The summed E-state index contributed by atoms with van der Waals surface area (Å²) in [5.74, 6) is -0.616. The van der Waals surface area contributed by atoms with Gasteiger partial charge in [0.05, 0.1) is 19.6 Å². The Hall–Kier alpha value is -1.88. The Bertz CT molecular complexity index is 489. The highest BCUT2D eigenvalue weighted by atomic mass is 16.5. The maximum absolute atomic E-state index is 12.3. The van der Waals surface area contributed by atoms with Crippen LogP contribution in [0.2, 0.25) is 0 Å². The van der Waals surface area contributed by atoms with Crippen molar-refractivity contribution in [3.8, 4) is 0 Å². The second-order valence-electron chi connectivity index (χ2n) is 5.60. The molecule has 0 spiro atoms. The van der Waals surface area contributed by atoms with Gasteiger partial charge in [-0.3, -0.25) is 14.5 Å². The minimum absolute atomic E-state index is 0.170. The van der Waals surface area contributed by atoms with Gasteiger partial charge in [0.1, 0.15) is 6.61 Å². The molecule has 1 aromatic carbocycles. The first-order chi connectivity index (χ1) is 10.7. The van der Waals surface area contributed by atoms with Crippen LogP contribution in [0.4, 0.5) is 0 Å². The lowest BCUT2D eigenvalue weighted by Crippen LogP contribution is -2.36. The third-order valence-electron chi connectivity index (χ3n) is 3.89. The van der Waals surface area contributed by atoms with Crippen LogP contribution in [0, 0.1) is 5.92 Å². The van der Waals surface area contributed by atoms with Crippen LogP contribution < -0.4 is 0 Å². The fourth-order valence-electron chi connectivity index (χ4n) is 2.65. The Morgan fingerprint density at radius 3 is 2.73 bits per heavy atom. The summed E-state index contributed by atoms with van der Waals surface area (Å²) in [5, 5.41) is 0. The number of hydrogen-bond acceptors (Lipinski definition) is 5. The zero-order chi connectivity index (χ0) is 15.8. The number of ether oxygens (including phenoxy) is 2. The van der Waals surface area contributed by atoms with Crippen molar-refractivity contribution in [2.45, 2.75) is 25.9 Å². The summed E-state index contributed by atoms with van der Waals surface area (Å²) in [7, 11) is 1.38. The van der Waals surface area contributed by atoms with Crippen molar-refractivity contribution in [2.24, 2.45) is 5.92 Å². The number of esters is 2. The van der Waals surface area contributed by atoms with Crippen LogP contribution in [0.25, 0.3) is 0 Å². The van der Waals surface area contributed by atoms with Crippen molar-refractivity contribution < 1.29 is 19.1 Å². The Morgan fingerprint density at radius 1 is 1.23 bits per heavy atom. The van der Waals surface area contributed by atoms with Gasteiger partial charge in [-0.25, -0.2) is 0 Å². The average molecular weight is 305 g/mol. The minimum atomic E-state index is -0.265. The molecular formula is C17H23NO4. The maximum atomic E-state index is 12.3. The summed E-state index contributed by atoms with van der Waals surface area (Å²) >= 11 is 0. The summed E-state index contributed by atoms with van der Waals surface area (Å²) in [6, 6.07) is 9.65. The quantitative estimate of drug-likeness (QED) is 0.779. The molecule has 0 N–H and O–H groups in total. The molecule has 1 unspecified atom stereocenters. The summed E-state index contributed by atoms with van der Waals surface area (Å²) < 4.78 is 10.1. The highest BCUT2D eigenvalue weighted by Gasteiger charge is 2.26. The SMILES string of the molecule is COC(=O)CN1CCCCC(C(=O)OCc2ccccc2)C1. The molecule has 1 aliphatic rings. The van der Waals surface area contributed by atoms with E-state index in [-0.39, 0.29) is 24.4 Å². The molecule has 22 heavy (non-hydrogen) atoms. The first-order valence-corrected chi connectivity index (χ1v) is 7.69. The van der Waals surface area contributed by atoms with E-state index in [0.717, 1.165) is 31.4 Å². The lowest BCUT2D eigenvalue weighted by Gasteiger charge is -2.22. The van der Waals surface area contributed by atoms with Crippen LogP contribution in [0.15, 0.2) is 30.3 Å². The molecule has 1 saturated heterocycles. The van der Waals surface area contributed by atoms with Crippen LogP contribution in [-0.2, 0) is 25.7 Å². The molecule has 0 amide bonds. The molecule has 0 aromatic heterocycles. The molecule has 5 heteroatoms. The van der Waals surface area contributed by atoms with Gasteiger partial charge in [-0.2, -0.15) is 0 Å². The third kappa shape index (κ3) is 5.15. The summed E-state index contributed by atoms with van der Waals surface area (Å²) in [6.45, 7) is 1.91. The molecular weight excluding hydrogens is 282 g/mol. The number of rotatable bonds is 5. The normalized spacial score (nSPS) is 19.2. The Morgan fingerprint density at radius 2 is 2.00 bits per heavy atom. The predicted octanol–water partition coefficient (Wildman–Crippen LogP) is 2.00. The molecule has 5 nitrogen and oxygen atoms in total. The molecule has 0 radical (unpaired) electrons. The topological polar surface area (TPSA) is 55.8 Å². The van der Waals surface area contributed by atoms with Crippen molar-refractivity contribution in [1.29, 1.82) is 0 Å². The Kier molecular flexibility index (Phi) is 6.40. The maximum Gasteiger partial charge on any atom is 0.319 e. The number of methoxy groups -OCH3 is 1. The second-order valence-corrected chi connectivity index (χ2v) is 5.60. The van der Waals surface area contributed by atoms with Crippen molar-refractivity contribution >= 4 is 11.9 Å². The molecule has 0 bridgehead atoms. The number of carbonyl (C=O) groups is 2. The van der Waals surface area contributed by atoms with E-state index in [1.54, 1.807) is 0 Å². The molecule has 0 saturated carbocycles. The summed E-state index contributed by atoms with van der Waals surface area (Å²) in [5.41, 5.74) is 0.982. The van der Waals surface area contributed by atoms with E-state index in [1.165, 1.54) is 7.11 Å². The van der Waals surface area contributed by atoms with Gasteiger partial charge < -0.3 is 9.47 Å². The van der Waals surface area contributed by atoms with E-state index in [0.29, 0.717) is 13.2 Å². The number of hydrogen-bond donors (Lipinski definition) is 0. The fraction of sp³-hybridized carbons (Fsp3) is 0.529. The van der Waals surface area contributed by atoms with Gasteiger partial charge >= 0.3 is 11.9 Å². The zero-order valence-corrected chi connectivity index (χ0v) is 13.0. The zero-order valence-electron chi connectivity index (χ0n) is 13.0. The number of benzene rings is 1. The summed E-state index contributed by atoms with van der Waals surface area (Å²) in [6.07, 6.45) is 2.77. The molecule has 1 atom stereocenters. The lowest BCUT2D eigenvalue weighted by atomic mass is 10.0. The predicted molar refractivity (Wildman–Crippen MR) is 82.0 cm³/mol. The summed E-state index contributed by atoms with van der Waals surface area (Å²) in [4.78, 5) is 25.6. The lowest BCUT2D eigenvalue weighted by molar-refractivity contribution is -0.151. The smallest absolute Gasteiger partial charge is 0.319 e. The van der Waals surface area contributed by atoms with Crippen molar-refractivity contribution in [2.75, 3.05) is 26.7 Å². The monoisotopic (exact) mass is 305 g/mol. The minimum Gasteiger partial charge on any atom is -0.468 e. The molecule has 120 valence electrons. The Labute approximate surface area is 131 Å². The van der Waals surface area contributed by atoms with Crippen LogP contribution >= 0.6 is 0 Å². The van der Waals surface area contributed by atoms with Gasteiger partial charge in [0.15, 0.2) is 0 Å². The van der Waals surface area contributed by atoms with Gasteiger partial charge in [0, 0.05) is 6.54 Å². The van der Waals surface area contributed by atoms with E-state index in [1.807, 2.05) is 35.2 Å². The highest BCUT2D eigenvalue weighted by molar-refractivity contribution is 5.73. The molecule has 1 aromatic rings. The third-order valence-corrected chi connectivity index (χ3v) is 3.89. The standard InChI is InChI=1S/C17H23NO4/c1-21-16(19)12-18-10-6-5-9-15(11-18)17(20)22-13-14-7-3-2-4-8-14/h2-4,7-8,15H,5-6,9-13H2,1H3. The van der Waals surface area contributed by atoms with Gasteiger partial charge in [-0.15, -0.1) is 0 Å². The number of nitrogens with zero attached hydrogens (tertiary/aromatic N) is 1. The first kappa shape index (κ1) is 16.5. The van der Waals surface area contributed by atoms with Crippen LogP contribution in [0.1, 0.15) is 24.8 Å². The van der Waals surface area contributed by atoms with Crippen LogP contribution in [0.3, 0.4) is 0 Å². The number of likely N-dealkylation sites (tertiary alicyclic amines) is 1. The van der Waals surface area contributed by atoms with Gasteiger partial charge in [-0.1, -0.05) is 36.8 Å². The largest absolute Gasteiger partial charge is 0.468 e. The van der Waals surface area contributed by atoms with E-state index in [9.17, 15) is 9.59 Å². The van der Waals surface area contributed by atoms with Gasteiger partial charge in [0.25, 0.3) is 0 Å². The van der Waals surface area contributed by atoms with E-state index in [4.69, 9.17) is 9.47 Å². The number of carbonyl (C=O) groups excluding carboxylic acids is 2.